The Morgan fingerprint density at radius 1 is 1.50 bits per heavy atom. The Balaban J connectivity index is 3.81. The second-order valence-electron chi connectivity index (χ2n) is 1.77. The maximum Gasteiger partial charge on any atom is 0.405 e. The first-order valence-electron chi connectivity index (χ1n) is 2.66. The van der Waals surface area contributed by atoms with E-state index >= 15 is 0 Å². The predicted molar refractivity (Wildman–Crippen MR) is 28.9 cm³/mol. The van der Waals surface area contributed by atoms with Crippen LogP contribution in [0, 0.1) is 0 Å². The van der Waals surface area contributed by atoms with Crippen molar-refractivity contribution in [2.45, 2.75) is 18.6 Å². The zero-order valence-corrected chi connectivity index (χ0v) is 5.15. The largest absolute Gasteiger partial charge is 0.405 e. The molecule has 0 aromatic rings. The Kier molecular flexibility index (Phi) is 3.62. The number of hydrogen-bond donors (Lipinski definition) is 3. The van der Waals surface area contributed by atoms with E-state index in [-0.39, 0.29) is 0 Å². The van der Waals surface area contributed by atoms with Crippen molar-refractivity contribution >= 4 is 0 Å². The summed E-state index contributed by atoms with van der Waals surface area (Å²) in [5, 5.41) is 8.14. The molecule has 0 amide bonds. The highest BCUT2D eigenvalue weighted by Gasteiger charge is 2.38. The van der Waals surface area contributed by atoms with Gasteiger partial charge >= 0.3 is 6.18 Å². The van der Waals surface area contributed by atoms with Gasteiger partial charge in [-0.3, -0.25) is 5.84 Å². The van der Waals surface area contributed by atoms with Crippen molar-refractivity contribution in [1.82, 2.24) is 5.43 Å². The van der Waals surface area contributed by atoms with E-state index in [9.17, 15) is 13.2 Å². The highest BCUT2D eigenvalue weighted by molar-refractivity contribution is 4.71. The number of aliphatic hydroxyl groups excluding tert-OH is 1. The van der Waals surface area contributed by atoms with Gasteiger partial charge in [-0.2, -0.15) is 13.2 Å². The average molecular weight is 158 g/mol. The predicted octanol–water partition coefficient (Wildman–Crippen LogP) is -0.237. The summed E-state index contributed by atoms with van der Waals surface area (Å²) in [6, 6.07) is -1.81. The SMILES string of the molecule is NN[C@@H](CCO)C(F)(F)F. The number of nitrogens with two attached hydrogens (primary N) is 1. The summed E-state index contributed by atoms with van der Waals surface area (Å²) in [4.78, 5) is 0. The molecule has 1 atom stereocenters. The molecule has 0 saturated carbocycles. The molecule has 0 rings (SSSR count). The summed E-state index contributed by atoms with van der Waals surface area (Å²) in [5.41, 5.74) is 1.56. The van der Waals surface area contributed by atoms with E-state index in [0.717, 1.165) is 0 Å². The van der Waals surface area contributed by atoms with Gasteiger partial charge in [-0.1, -0.05) is 0 Å². The summed E-state index contributed by atoms with van der Waals surface area (Å²) in [6.07, 6.45) is -4.79. The van der Waals surface area contributed by atoms with Gasteiger partial charge in [0.25, 0.3) is 0 Å². The lowest BCUT2D eigenvalue weighted by Gasteiger charge is -2.17. The molecule has 0 aromatic heterocycles. The zero-order valence-electron chi connectivity index (χ0n) is 5.15. The van der Waals surface area contributed by atoms with Crippen LogP contribution in [0.15, 0.2) is 0 Å². The zero-order chi connectivity index (χ0) is 8.20. The number of aliphatic hydroxyl groups is 1. The van der Waals surface area contributed by atoms with Crippen LogP contribution in [0.5, 0.6) is 0 Å². The van der Waals surface area contributed by atoms with Gasteiger partial charge in [0.2, 0.25) is 0 Å². The van der Waals surface area contributed by atoms with Crippen molar-refractivity contribution in [2.75, 3.05) is 6.61 Å². The van der Waals surface area contributed by atoms with Crippen LogP contribution in [0.3, 0.4) is 0 Å². The molecule has 0 aliphatic rings. The molecule has 0 aromatic carbocycles. The van der Waals surface area contributed by atoms with Gasteiger partial charge in [0.05, 0.1) is 0 Å². The van der Waals surface area contributed by atoms with Crippen LogP contribution in [-0.2, 0) is 0 Å². The van der Waals surface area contributed by atoms with Crippen LogP contribution >= 0.6 is 0 Å². The Labute approximate surface area is 56.0 Å². The molecule has 0 saturated heterocycles. The molecule has 0 spiro atoms. The number of rotatable bonds is 3. The van der Waals surface area contributed by atoms with Crippen LogP contribution in [-0.4, -0.2) is 23.9 Å². The highest BCUT2D eigenvalue weighted by Crippen LogP contribution is 2.21. The topological polar surface area (TPSA) is 58.3 Å². The average Bonchev–Trinajstić information content (AvgIpc) is 1.80. The van der Waals surface area contributed by atoms with Crippen molar-refractivity contribution < 1.29 is 18.3 Å². The number of nitrogens with one attached hydrogen (secondary N) is 1. The third-order valence-electron chi connectivity index (χ3n) is 1.01. The van der Waals surface area contributed by atoms with E-state index in [0.29, 0.717) is 0 Å². The molecular weight excluding hydrogens is 149 g/mol. The van der Waals surface area contributed by atoms with E-state index in [4.69, 9.17) is 5.11 Å². The van der Waals surface area contributed by atoms with Gasteiger partial charge in [0, 0.05) is 6.61 Å². The van der Waals surface area contributed by atoms with Crippen LogP contribution in [0.25, 0.3) is 0 Å². The molecule has 0 unspecified atom stereocenters. The number of alkyl halides is 3. The molecule has 0 heterocycles. The maximum absolute atomic E-state index is 11.7. The van der Waals surface area contributed by atoms with Gasteiger partial charge in [-0.25, -0.2) is 5.43 Å². The maximum atomic E-state index is 11.7. The van der Waals surface area contributed by atoms with Crippen LogP contribution in [0.2, 0.25) is 0 Å². The fraction of sp³-hybridized carbons (Fsp3) is 1.00. The molecule has 0 bridgehead atoms. The monoisotopic (exact) mass is 158 g/mol. The molecule has 62 valence electrons. The smallest absolute Gasteiger partial charge is 0.396 e. The summed E-state index contributed by atoms with van der Waals surface area (Å²) in [5.74, 6) is 4.56. The molecule has 6 heteroatoms. The molecular formula is C4H9F3N2O. The van der Waals surface area contributed by atoms with Gasteiger partial charge in [0.15, 0.2) is 0 Å². The van der Waals surface area contributed by atoms with Crippen molar-refractivity contribution in [2.24, 2.45) is 5.84 Å². The Morgan fingerprint density at radius 2 is 2.00 bits per heavy atom. The summed E-state index contributed by atoms with van der Waals surface area (Å²) in [6.45, 7) is -0.533. The second kappa shape index (κ2) is 3.75. The lowest BCUT2D eigenvalue weighted by Crippen LogP contribution is -2.46. The third-order valence-corrected chi connectivity index (χ3v) is 1.01. The molecule has 0 fully saturated rings. The Bertz CT molecular complexity index is 95.0. The minimum Gasteiger partial charge on any atom is -0.396 e. The van der Waals surface area contributed by atoms with E-state index in [1.165, 1.54) is 0 Å². The first kappa shape index (κ1) is 9.67. The Morgan fingerprint density at radius 3 is 2.10 bits per heavy atom. The normalized spacial score (nSPS) is 15.3. The molecule has 0 aliphatic heterocycles. The minimum atomic E-state index is -4.38. The molecule has 10 heavy (non-hydrogen) atoms. The lowest BCUT2D eigenvalue weighted by atomic mass is 10.2. The number of hydrazine groups is 1. The van der Waals surface area contributed by atoms with Gasteiger partial charge in [-0.15, -0.1) is 0 Å². The second-order valence-corrected chi connectivity index (χ2v) is 1.77. The van der Waals surface area contributed by atoms with E-state index < -0.39 is 25.2 Å². The first-order chi connectivity index (χ1) is 4.52. The minimum absolute atomic E-state index is 0.417. The van der Waals surface area contributed by atoms with Crippen molar-refractivity contribution in [3.63, 3.8) is 0 Å². The number of halogens is 3. The summed E-state index contributed by atoms with van der Waals surface area (Å²) < 4.78 is 35.0. The van der Waals surface area contributed by atoms with Gasteiger partial charge in [0.1, 0.15) is 6.04 Å². The van der Waals surface area contributed by atoms with Crippen LogP contribution in [0.1, 0.15) is 6.42 Å². The third kappa shape index (κ3) is 3.00. The fourth-order valence-electron chi connectivity index (χ4n) is 0.471. The van der Waals surface area contributed by atoms with E-state index in [1.807, 2.05) is 0 Å². The van der Waals surface area contributed by atoms with E-state index in [1.54, 1.807) is 5.43 Å². The quantitative estimate of drug-likeness (QED) is 0.392. The van der Waals surface area contributed by atoms with Crippen LogP contribution < -0.4 is 11.3 Å². The standard InChI is InChI=1S/C4H9F3N2O/c5-4(6,7)3(9-8)1-2-10/h3,9-10H,1-2,8H2/t3-/m0/s1. The summed E-state index contributed by atoms with van der Waals surface area (Å²) >= 11 is 0. The number of hydrogen-bond acceptors (Lipinski definition) is 3. The van der Waals surface area contributed by atoms with Crippen molar-refractivity contribution in [3.8, 4) is 0 Å². The van der Waals surface area contributed by atoms with Crippen LogP contribution in [0.4, 0.5) is 13.2 Å². The fourth-order valence-corrected chi connectivity index (χ4v) is 0.471. The Hall–Kier alpha value is -0.330. The first-order valence-corrected chi connectivity index (χ1v) is 2.66. The van der Waals surface area contributed by atoms with Gasteiger partial charge < -0.3 is 5.11 Å². The van der Waals surface area contributed by atoms with Crippen molar-refractivity contribution in [3.05, 3.63) is 0 Å². The van der Waals surface area contributed by atoms with E-state index in [2.05, 4.69) is 5.84 Å². The molecule has 0 radical (unpaired) electrons. The highest BCUT2D eigenvalue weighted by atomic mass is 19.4. The van der Waals surface area contributed by atoms with Crippen molar-refractivity contribution in [1.29, 1.82) is 0 Å². The molecule has 0 aliphatic carbocycles. The lowest BCUT2D eigenvalue weighted by molar-refractivity contribution is -0.159. The summed E-state index contributed by atoms with van der Waals surface area (Å²) in [7, 11) is 0. The molecule has 4 N–H and O–H groups in total. The molecule has 3 nitrogen and oxygen atoms in total. The van der Waals surface area contributed by atoms with Gasteiger partial charge in [-0.05, 0) is 6.42 Å².